The maximum atomic E-state index is 13.2. The van der Waals surface area contributed by atoms with Crippen molar-refractivity contribution in [3.8, 4) is 0 Å². The fraction of sp³-hybridized carbons (Fsp3) is 0.538. The molecule has 2 heterocycles. The summed E-state index contributed by atoms with van der Waals surface area (Å²) in [6.45, 7) is 10.9. The summed E-state index contributed by atoms with van der Waals surface area (Å²) in [6.07, 6.45) is 3.43. The second-order valence-electron chi connectivity index (χ2n) is 7.92. The van der Waals surface area contributed by atoms with Gasteiger partial charge in [0.05, 0.1) is 36.9 Å². The quantitative estimate of drug-likeness (QED) is 0.175. The zero-order chi connectivity index (χ0) is 26.5. The van der Waals surface area contributed by atoms with E-state index in [1.807, 2.05) is 13.8 Å². The van der Waals surface area contributed by atoms with Crippen LogP contribution < -0.4 is 9.88 Å². The van der Waals surface area contributed by atoms with Gasteiger partial charge in [0.2, 0.25) is 6.54 Å². The van der Waals surface area contributed by atoms with Crippen molar-refractivity contribution in [1.29, 1.82) is 0 Å². The molecule has 198 valence electrons. The molecule has 0 saturated carbocycles. The monoisotopic (exact) mass is 505 g/mol. The smallest absolute Gasteiger partial charge is 0.372 e. The molecular weight excluding hydrogens is 468 g/mol. The Kier molecular flexibility index (Phi) is 12.1. The molecule has 10 heteroatoms. The Labute approximate surface area is 212 Å². The molecular formula is C26H37N2O8+. The fourth-order valence-electron chi connectivity index (χ4n) is 3.87. The highest BCUT2D eigenvalue weighted by Gasteiger charge is 2.39. The highest BCUT2D eigenvalue weighted by molar-refractivity contribution is 5.99. The number of aromatic nitrogens is 1. The molecule has 1 aliphatic heterocycles. The minimum Gasteiger partial charge on any atom is -0.461 e. The third-order valence-electron chi connectivity index (χ3n) is 5.36. The average molecular weight is 506 g/mol. The number of esters is 3. The fourth-order valence-corrected chi connectivity index (χ4v) is 3.87. The number of allylic oxidation sites excluding steroid dienone is 2. The average Bonchev–Trinajstić information content (AvgIpc) is 2.84. The molecule has 0 radical (unpaired) electrons. The van der Waals surface area contributed by atoms with Gasteiger partial charge in [-0.25, -0.2) is 14.4 Å². The number of dihydropyridines is 1. The molecule has 0 aromatic carbocycles. The van der Waals surface area contributed by atoms with Crippen molar-refractivity contribution in [3.63, 3.8) is 0 Å². The first-order valence-corrected chi connectivity index (χ1v) is 12.2. The SMILES string of the molecule is CCOCCOC(=O)C1=C(C)NC(C)=C(C(=O)OCCOCC)C1c1ccc[n+](CC(=O)OCC)c1. The molecule has 0 bridgehead atoms. The van der Waals surface area contributed by atoms with Gasteiger partial charge in [0.1, 0.15) is 13.2 Å². The highest BCUT2D eigenvalue weighted by Crippen LogP contribution is 2.38. The number of carbonyl (C=O) groups is 3. The van der Waals surface area contributed by atoms with Crippen LogP contribution in [0.5, 0.6) is 0 Å². The van der Waals surface area contributed by atoms with E-state index in [2.05, 4.69) is 5.32 Å². The van der Waals surface area contributed by atoms with Gasteiger partial charge in [-0.3, -0.25) is 0 Å². The lowest BCUT2D eigenvalue weighted by atomic mass is 9.81. The van der Waals surface area contributed by atoms with Crippen LogP contribution in [0.3, 0.4) is 0 Å². The molecule has 0 atom stereocenters. The number of nitrogens with one attached hydrogen (secondary N) is 1. The summed E-state index contributed by atoms with van der Waals surface area (Å²) in [5.74, 6) is -2.31. The van der Waals surface area contributed by atoms with Crippen molar-refractivity contribution in [2.75, 3.05) is 46.2 Å². The van der Waals surface area contributed by atoms with Crippen LogP contribution >= 0.6 is 0 Å². The molecule has 0 saturated heterocycles. The van der Waals surface area contributed by atoms with E-state index in [0.717, 1.165) is 0 Å². The lowest BCUT2D eigenvalue weighted by Gasteiger charge is -2.30. The first kappa shape index (κ1) is 29.0. The van der Waals surface area contributed by atoms with Crippen molar-refractivity contribution >= 4 is 17.9 Å². The van der Waals surface area contributed by atoms with Crippen LogP contribution in [0.15, 0.2) is 47.1 Å². The van der Waals surface area contributed by atoms with E-state index in [1.165, 1.54) is 0 Å². The van der Waals surface area contributed by atoms with Crippen LogP contribution in [0.4, 0.5) is 0 Å². The Hall–Kier alpha value is -3.24. The summed E-state index contributed by atoms with van der Waals surface area (Å²) >= 11 is 0. The summed E-state index contributed by atoms with van der Waals surface area (Å²) in [5.41, 5.74) is 2.30. The molecule has 1 N–H and O–H groups in total. The lowest BCUT2D eigenvalue weighted by Crippen LogP contribution is -2.40. The van der Waals surface area contributed by atoms with E-state index < -0.39 is 23.8 Å². The zero-order valence-corrected chi connectivity index (χ0v) is 21.8. The summed E-state index contributed by atoms with van der Waals surface area (Å²) in [4.78, 5) is 38.5. The van der Waals surface area contributed by atoms with E-state index in [1.54, 1.807) is 49.9 Å². The Morgan fingerprint density at radius 3 is 1.89 bits per heavy atom. The van der Waals surface area contributed by atoms with Gasteiger partial charge in [0, 0.05) is 36.2 Å². The number of hydrogen-bond donors (Lipinski definition) is 1. The Balaban J connectivity index is 2.45. The van der Waals surface area contributed by atoms with Gasteiger partial charge in [-0.1, -0.05) is 0 Å². The summed E-state index contributed by atoms with van der Waals surface area (Å²) in [5, 5.41) is 3.12. The van der Waals surface area contributed by atoms with Crippen molar-refractivity contribution in [3.05, 3.63) is 52.6 Å². The van der Waals surface area contributed by atoms with Gasteiger partial charge in [-0.2, -0.15) is 4.57 Å². The van der Waals surface area contributed by atoms with Crippen LogP contribution in [0.1, 0.15) is 46.1 Å². The maximum absolute atomic E-state index is 13.2. The molecule has 1 aliphatic rings. The molecule has 0 aliphatic carbocycles. The van der Waals surface area contributed by atoms with E-state index in [0.29, 0.717) is 30.2 Å². The van der Waals surface area contributed by atoms with Crippen LogP contribution in [-0.2, 0) is 44.6 Å². The van der Waals surface area contributed by atoms with Crippen LogP contribution in [-0.4, -0.2) is 64.2 Å². The Morgan fingerprint density at radius 1 is 0.833 bits per heavy atom. The normalized spacial score (nSPS) is 13.9. The van der Waals surface area contributed by atoms with Crippen LogP contribution in [0, 0.1) is 0 Å². The zero-order valence-electron chi connectivity index (χ0n) is 21.8. The van der Waals surface area contributed by atoms with Crippen molar-refractivity contribution in [2.45, 2.75) is 47.1 Å². The standard InChI is InChI=1S/C26H36N2O8/c1-6-32-12-14-35-25(30)22-18(4)27-19(5)23(26(31)36-15-13-33-7-2)24(22)20-10-9-11-28(16-20)17-21(29)34-8-3/h9-11,16,24H,6-8,12-15,17H2,1-5H3/p+1. The Bertz CT molecular complexity index is 940. The van der Waals surface area contributed by atoms with E-state index in [-0.39, 0.29) is 50.7 Å². The second kappa shape index (κ2) is 15.0. The number of hydrogen-bond acceptors (Lipinski definition) is 9. The predicted octanol–water partition coefficient (Wildman–Crippen LogP) is 1.93. The number of rotatable bonds is 14. The van der Waals surface area contributed by atoms with Gasteiger partial charge >= 0.3 is 17.9 Å². The summed E-state index contributed by atoms with van der Waals surface area (Å²) in [6, 6.07) is 3.54. The van der Waals surface area contributed by atoms with Crippen molar-refractivity contribution < 1.29 is 42.6 Å². The third kappa shape index (κ3) is 8.17. The first-order chi connectivity index (χ1) is 17.3. The largest absolute Gasteiger partial charge is 0.461 e. The summed E-state index contributed by atoms with van der Waals surface area (Å²) in [7, 11) is 0. The first-order valence-electron chi connectivity index (χ1n) is 12.2. The van der Waals surface area contributed by atoms with E-state index >= 15 is 0 Å². The number of pyridine rings is 1. The number of nitrogens with zero attached hydrogens (tertiary/aromatic N) is 1. The molecule has 0 amide bonds. The number of ether oxygens (including phenoxy) is 5. The minimum atomic E-state index is -0.778. The highest BCUT2D eigenvalue weighted by atomic mass is 16.6. The molecule has 0 fully saturated rings. The molecule has 1 aromatic rings. The lowest BCUT2D eigenvalue weighted by molar-refractivity contribution is -0.686. The molecule has 0 unspecified atom stereocenters. The maximum Gasteiger partial charge on any atom is 0.372 e. The molecule has 10 nitrogen and oxygen atoms in total. The van der Waals surface area contributed by atoms with Gasteiger partial charge in [0.25, 0.3) is 0 Å². The topological polar surface area (TPSA) is 113 Å². The van der Waals surface area contributed by atoms with E-state index in [4.69, 9.17) is 23.7 Å². The molecule has 0 spiro atoms. The Morgan fingerprint density at radius 2 is 1.39 bits per heavy atom. The summed E-state index contributed by atoms with van der Waals surface area (Å²) < 4.78 is 28.2. The van der Waals surface area contributed by atoms with Gasteiger partial charge < -0.3 is 29.0 Å². The second-order valence-corrected chi connectivity index (χ2v) is 7.92. The van der Waals surface area contributed by atoms with Crippen LogP contribution in [0.2, 0.25) is 0 Å². The molecule has 2 rings (SSSR count). The van der Waals surface area contributed by atoms with Gasteiger partial charge in [-0.15, -0.1) is 0 Å². The number of carbonyl (C=O) groups excluding carboxylic acids is 3. The predicted molar refractivity (Wildman–Crippen MR) is 129 cm³/mol. The van der Waals surface area contributed by atoms with Crippen molar-refractivity contribution in [2.24, 2.45) is 0 Å². The molecule has 1 aromatic heterocycles. The minimum absolute atomic E-state index is 0.0136. The van der Waals surface area contributed by atoms with Crippen molar-refractivity contribution in [1.82, 2.24) is 5.32 Å². The van der Waals surface area contributed by atoms with E-state index in [9.17, 15) is 14.4 Å². The molecule has 36 heavy (non-hydrogen) atoms. The van der Waals surface area contributed by atoms with Gasteiger partial charge in [-0.05, 0) is 40.7 Å². The van der Waals surface area contributed by atoms with Crippen LogP contribution in [0.25, 0.3) is 0 Å². The van der Waals surface area contributed by atoms with Gasteiger partial charge in [0.15, 0.2) is 12.4 Å². The third-order valence-corrected chi connectivity index (χ3v) is 5.36.